The number of carboxylic acids is 1. The zero-order chi connectivity index (χ0) is 15.4. The number of likely N-dealkylation sites (N-methyl/N-ethyl adjacent to an activating group) is 1. The Hall–Kier alpha value is -1.63. The van der Waals surface area contributed by atoms with Crippen LogP contribution in [0.1, 0.15) is 39.5 Å². The van der Waals surface area contributed by atoms with Crippen LogP contribution in [0.25, 0.3) is 0 Å². The number of esters is 1. The molecule has 3 N–H and O–H groups in total. The van der Waals surface area contributed by atoms with Crippen molar-refractivity contribution in [2.24, 2.45) is 0 Å². The van der Waals surface area contributed by atoms with E-state index in [2.05, 4.69) is 17.6 Å². The standard InChI is InChI=1S/C13H24N2O5/c1-3-5-6-7-8-20-13(19)11(14-4-2)12(18)15-9-10(16)17/h11,14H,3-9H2,1-2H3,(H,15,18)(H,16,17). The van der Waals surface area contributed by atoms with E-state index < -0.39 is 30.4 Å². The van der Waals surface area contributed by atoms with E-state index in [-0.39, 0.29) is 6.61 Å². The van der Waals surface area contributed by atoms with Gasteiger partial charge in [-0.3, -0.25) is 14.9 Å². The van der Waals surface area contributed by atoms with E-state index >= 15 is 0 Å². The largest absolute Gasteiger partial charge is 0.480 e. The minimum absolute atomic E-state index is 0.271. The molecule has 0 fully saturated rings. The number of nitrogens with one attached hydrogen (secondary N) is 2. The lowest BCUT2D eigenvalue weighted by Crippen LogP contribution is -2.51. The number of hydrogen-bond donors (Lipinski definition) is 3. The summed E-state index contributed by atoms with van der Waals surface area (Å²) in [6.07, 6.45) is 3.90. The highest BCUT2D eigenvalue weighted by Crippen LogP contribution is 2.00. The Morgan fingerprint density at radius 2 is 1.85 bits per heavy atom. The minimum Gasteiger partial charge on any atom is -0.480 e. The summed E-state index contributed by atoms with van der Waals surface area (Å²) in [6.45, 7) is 3.97. The fourth-order valence-corrected chi connectivity index (χ4v) is 1.54. The quantitative estimate of drug-likeness (QED) is 0.287. The predicted octanol–water partition coefficient (Wildman–Crippen LogP) is 0.289. The third-order valence-corrected chi connectivity index (χ3v) is 2.56. The molecule has 0 saturated heterocycles. The Bertz CT molecular complexity index is 320. The number of aliphatic carboxylic acids is 1. The molecule has 7 nitrogen and oxygen atoms in total. The van der Waals surface area contributed by atoms with Gasteiger partial charge in [-0.1, -0.05) is 33.1 Å². The van der Waals surface area contributed by atoms with Gasteiger partial charge >= 0.3 is 11.9 Å². The van der Waals surface area contributed by atoms with Crippen LogP contribution in [0.3, 0.4) is 0 Å². The van der Waals surface area contributed by atoms with E-state index in [0.29, 0.717) is 6.54 Å². The van der Waals surface area contributed by atoms with Gasteiger partial charge in [0.25, 0.3) is 0 Å². The summed E-state index contributed by atoms with van der Waals surface area (Å²) in [5.74, 6) is -2.53. The lowest BCUT2D eigenvalue weighted by Gasteiger charge is -2.15. The highest BCUT2D eigenvalue weighted by molar-refractivity contribution is 6.02. The van der Waals surface area contributed by atoms with Gasteiger partial charge in [-0.2, -0.15) is 0 Å². The summed E-state index contributed by atoms with van der Waals surface area (Å²) in [6, 6.07) is -1.16. The van der Waals surface area contributed by atoms with Crippen molar-refractivity contribution in [3.05, 3.63) is 0 Å². The van der Waals surface area contributed by atoms with Crippen molar-refractivity contribution in [1.29, 1.82) is 0 Å². The summed E-state index contributed by atoms with van der Waals surface area (Å²) in [4.78, 5) is 33.8. The Kier molecular flexibility index (Phi) is 10.3. The summed E-state index contributed by atoms with van der Waals surface area (Å²) in [5, 5.41) is 13.3. The van der Waals surface area contributed by atoms with Crippen LogP contribution in [-0.2, 0) is 19.1 Å². The lowest BCUT2D eigenvalue weighted by atomic mass is 10.2. The molecule has 1 unspecified atom stereocenters. The molecule has 0 aliphatic carbocycles. The van der Waals surface area contributed by atoms with Crippen LogP contribution in [0.4, 0.5) is 0 Å². The lowest BCUT2D eigenvalue weighted by molar-refractivity contribution is -0.150. The van der Waals surface area contributed by atoms with Gasteiger partial charge in [0, 0.05) is 0 Å². The smallest absolute Gasteiger partial charge is 0.332 e. The van der Waals surface area contributed by atoms with E-state index in [9.17, 15) is 14.4 Å². The molecule has 1 amide bonds. The average molecular weight is 288 g/mol. The molecular weight excluding hydrogens is 264 g/mol. The van der Waals surface area contributed by atoms with Crippen LogP contribution in [-0.4, -0.2) is 48.7 Å². The first-order valence-electron chi connectivity index (χ1n) is 6.92. The van der Waals surface area contributed by atoms with E-state index in [1.165, 1.54) is 0 Å². The molecule has 0 heterocycles. The first-order valence-corrected chi connectivity index (χ1v) is 6.92. The summed E-state index contributed by atoms with van der Waals surface area (Å²) < 4.78 is 5.02. The second-order valence-corrected chi connectivity index (χ2v) is 4.33. The molecule has 7 heteroatoms. The first-order chi connectivity index (χ1) is 9.52. The van der Waals surface area contributed by atoms with Gasteiger partial charge in [0.1, 0.15) is 6.54 Å². The molecule has 0 aromatic heterocycles. The maximum Gasteiger partial charge on any atom is 0.332 e. The van der Waals surface area contributed by atoms with Crippen molar-refractivity contribution in [3.8, 4) is 0 Å². The number of carbonyl (C=O) groups excluding carboxylic acids is 2. The zero-order valence-corrected chi connectivity index (χ0v) is 12.1. The molecule has 0 aromatic carbocycles. The molecule has 116 valence electrons. The van der Waals surface area contributed by atoms with Crippen molar-refractivity contribution >= 4 is 17.8 Å². The van der Waals surface area contributed by atoms with Gasteiger partial charge in [0.2, 0.25) is 5.91 Å². The Balaban J connectivity index is 4.17. The SMILES string of the molecule is CCCCCCOC(=O)C(NCC)C(=O)NCC(=O)O. The molecule has 0 rings (SSSR count). The van der Waals surface area contributed by atoms with Crippen molar-refractivity contribution in [2.45, 2.75) is 45.6 Å². The molecule has 0 spiro atoms. The number of carbonyl (C=O) groups is 3. The number of amides is 1. The molecule has 0 bridgehead atoms. The first kappa shape index (κ1) is 18.4. The van der Waals surface area contributed by atoms with Crippen LogP contribution in [0, 0.1) is 0 Å². The number of ether oxygens (including phenoxy) is 1. The van der Waals surface area contributed by atoms with Crippen molar-refractivity contribution in [1.82, 2.24) is 10.6 Å². The van der Waals surface area contributed by atoms with Crippen LogP contribution in [0.15, 0.2) is 0 Å². The second kappa shape index (κ2) is 11.2. The molecular formula is C13H24N2O5. The Morgan fingerprint density at radius 3 is 2.40 bits per heavy atom. The monoisotopic (exact) mass is 288 g/mol. The third kappa shape index (κ3) is 8.47. The summed E-state index contributed by atoms with van der Waals surface area (Å²) in [5.41, 5.74) is 0. The third-order valence-electron chi connectivity index (χ3n) is 2.56. The molecule has 0 aliphatic heterocycles. The molecule has 20 heavy (non-hydrogen) atoms. The molecule has 0 saturated carbocycles. The van der Waals surface area contributed by atoms with Crippen molar-refractivity contribution in [3.63, 3.8) is 0 Å². The number of rotatable bonds is 11. The van der Waals surface area contributed by atoms with Gasteiger partial charge in [-0.15, -0.1) is 0 Å². The van der Waals surface area contributed by atoms with E-state index in [4.69, 9.17) is 9.84 Å². The average Bonchev–Trinajstić information content (AvgIpc) is 2.41. The van der Waals surface area contributed by atoms with E-state index in [1.54, 1.807) is 6.92 Å². The number of unbranched alkanes of at least 4 members (excludes halogenated alkanes) is 3. The highest BCUT2D eigenvalue weighted by Gasteiger charge is 2.27. The van der Waals surface area contributed by atoms with Gasteiger partial charge in [-0.25, -0.2) is 4.79 Å². The molecule has 1 atom stereocenters. The fraction of sp³-hybridized carbons (Fsp3) is 0.769. The Labute approximate surface area is 119 Å². The Morgan fingerprint density at radius 1 is 1.15 bits per heavy atom. The van der Waals surface area contributed by atoms with Gasteiger partial charge in [0.15, 0.2) is 6.04 Å². The molecule has 0 aliphatic rings. The summed E-state index contributed by atoms with van der Waals surface area (Å²) >= 11 is 0. The van der Waals surface area contributed by atoms with E-state index in [1.807, 2.05) is 0 Å². The van der Waals surface area contributed by atoms with Crippen LogP contribution >= 0.6 is 0 Å². The topological polar surface area (TPSA) is 105 Å². The maximum atomic E-state index is 11.8. The van der Waals surface area contributed by atoms with Crippen molar-refractivity contribution in [2.75, 3.05) is 19.7 Å². The fourth-order valence-electron chi connectivity index (χ4n) is 1.54. The van der Waals surface area contributed by atoms with Crippen LogP contribution in [0.2, 0.25) is 0 Å². The normalized spacial score (nSPS) is 11.7. The summed E-state index contributed by atoms with van der Waals surface area (Å²) in [7, 11) is 0. The maximum absolute atomic E-state index is 11.8. The van der Waals surface area contributed by atoms with Gasteiger partial charge in [0.05, 0.1) is 6.61 Å². The number of hydrogen-bond acceptors (Lipinski definition) is 5. The number of carboxylic acid groups (broad SMARTS) is 1. The predicted molar refractivity (Wildman–Crippen MR) is 73.2 cm³/mol. The van der Waals surface area contributed by atoms with Gasteiger partial charge < -0.3 is 15.2 Å². The minimum atomic E-state index is -1.17. The van der Waals surface area contributed by atoms with Crippen LogP contribution in [0.5, 0.6) is 0 Å². The van der Waals surface area contributed by atoms with Gasteiger partial charge in [-0.05, 0) is 13.0 Å². The second-order valence-electron chi connectivity index (χ2n) is 4.33. The van der Waals surface area contributed by atoms with E-state index in [0.717, 1.165) is 25.7 Å². The highest BCUT2D eigenvalue weighted by atomic mass is 16.5. The van der Waals surface area contributed by atoms with Crippen molar-refractivity contribution < 1.29 is 24.2 Å². The molecule has 0 aromatic rings. The van der Waals surface area contributed by atoms with Crippen LogP contribution < -0.4 is 10.6 Å². The zero-order valence-electron chi connectivity index (χ0n) is 12.1. The molecule has 0 radical (unpaired) electrons.